The van der Waals surface area contributed by atoms with Crippen LogP contribution in [0.2, 0.25) is 0 Å². The second-order valence-electron chi connectivity index (χ2n) is 4.14. The first-order chi connectivity index (χ1) is 7.03. The lowest BCUT2D eigenvalue weighted by Gasteiger charge is -2.16. The first-order valence-corrected chi connectivity index (χ1v) is 5.66. The fourth-order valence-electron chi connectivity index (χ4n) is 1.28. The first kappa shape index (κ1) is 12.2. The zero-order valence-electron chi connectivity index (χ0n) is 8.96. The Labute approximate surface area is 98.5 Å². The second kappa shape index (κ2) is 5.24. The molecular weight excluding hydrogens is 254 g/mol. The van der Waals surface area contributed by atoms with E-state index in [9.17, 15) is 4.79 Å². The molecule has 0 saturated carbocycles. The fraction of sp³-hybridized carbons (Fsp3) is 0.417. The van der Waals surface area contributed by atoms with Crippen LogP contribution in [0.4, 0.5) is 0 Å². The van der Waals surface area contributed by atoms with E-state index in [0.717, 1.165) is 17.3 Å². The normalized spacial score (nSPS) is 10.9. The fourth-order valence-corrected chi connectivity index (χ4v) is 1.55. The van der Waals surface area contributed by atoms with Gasteiger partial charge in [0.2, 0.25) is 6.08 Å². The summed E-state index contributed by atoms with van der Waals surface area (Å²) in [6.45, 7) is 3.88. The van der Waals surface area contributed by atoms with Gasteiger partial charge in [0.25, 0.3) is 0 Å². The number of rotatable bonds is 4. The van der Waals surface area contributed by atoms with Gasteiger partial charge in [-0.1, -0.05) is 28.1 Å². The third-order valence-corrected chi connectivity index (χ3v) is 2.82. The molecule has 0 aromatic heterocycles. The van der Waals surface area contributed by atoms with E-state index >= 15 is 0 Å². The number of isocyanates is 1. The number of nitrogens with zero attached hydrogens (tertiary/aromatic N) is 1. The Morgan fingerprint density at radius 1 is 1.33 bits per heavy atom. The number of aliphatic imine (C=N–C) groups is 1. The summed E-state index contributed by atoms with van der Waals surface area (Å²) in [5.74, 6) is 0. The van der Waals surface area contributed by atoms with Crippen molar-refractivity contribution in [1.82, 2.24) is 0 Å². The number of halogens is 1. The van der Waals surface area contributed by atoms with Gasteiger partial charge in [-0.05, 0) is 44.4 Å². The van der Waals surface area contributed by atoms with Crippen LogP contribution in [0.1, 0.15) is 25.8 Å². The van der Waals surface area contributed by atoms with Crippen LogP contribution in [-0.4, -0.2) is 11.6 Å². The summed E-state index contributed by atoms with van der Waals surface area (Å²) in [5.41, 5.74) is 0.946. The number of benzene rings is 1. The highest BCUT2D eigenvalue weighted by Crippen LogP contribution is 2.18. The minimum atomic E-state index is -0.311. The average molecular weight is 268 g/mol. The summed E-state index contributed by atoms with van der Waals surface area (Å²) in [7, 11) is 0. The molecule has 0 saturated heterocycles. The van der Waals surface area contributed by atoms with E-state index in [-0.39, 0.29) is 5.54 Å². The van der Waals surface area contributed by atoms with Gasteiger partial charge in [0, 0.05) is 4.47 Å². The number of hydrogen-bond donors (Lipinski definition) is 0. The van der Waals surface area contributed by atoms with Crippen LogP contribution < -0.4 is 0 Å². The van der Waals surface area contributed by atoms with Crippen molar-refractivity contribution < 1.29 is 4.79 Å². The van der Waals surface area contributed by atoms with Crippen molar-refractivity contribution in [1.29, 1.82) is 0 Å². The third-order valence-electron chi connectivity index (χ3n) is 2.29. The Morgan fingerprint density at radius 3 is 2.47 bits per heavy atom. The highest BCUT2D eigenvalue weighted by atomic mass is 79.9. The van der Waals surface area contributed by atoms with Crippen molar-refractivity contribution in [3.05, 3.63) is 34.3 Å². The molecule has 0 radical (unpaired) electrons. The van der Waals surface area contributed by atoms with Crippen LogP contribution >= 0.6 is 15.9 Å². The molecule has 1 aromatic rings. The zero-order chi connectivity index (χ0) is 11.3. The van der Waals surface area contributed by atoms with Crippen LogP contribution in [-0.2, 0) is 11.2 Å². The molecule has 0 spiro atoms. The maximum Gasteiger partial charge on any atom is 0.235 e. The molecule has 2 nitrogen and oxygen atoms in total. The standard InChI is InChI=1S/C12H14BrNO/c1-12(2,14-9-15)8-7-10-3-5-11(13)6-4-10/h3-6H,7-8H2,1-2H3. The lowest BCUT2D eigenvalue weighted by molar-refractivity contribution is 0.470. The molecule has 15 heavy (non-hydrogen) atoms. The molecule has 1 aromatic carbocycles. The predicted molar refractivity (Wildman–Crippen MR) is 64.7 cm³/mol. The van der Waals surface area contributed by atoms with E-state index in [2.05, 4.69) is 33.1 Å². The van der Waals surface area contributed by atoms with Gasteiger partial charge < -0.3 is 0 Å². The predicted octanol–water partition coefficient (Wildman–Crippen LogP) is 3.50. The van der Waals surface area contributed by atoms with Crippen LogP contribution in [0.3, 0.4) is 0 Å². The van der Waals surface area contributed by atoms with E-state index < -0.39 is 0 Å². The Kier molecular flexibility index (Phi) is 4.25. The van der Waals surface area contributed by atoms with E-state index in [4.69, 9.17) is 0 Å². The van der Waals surface area contributed by atoms with Crippen LogP contribution in [0.25, 0.3) is 0 Å². The largest absolute Gasteiger partial charge is 0.235 e. The molecule has 3 heteroatoms. The highest BCUT2D eigenvalue weighted by molar-refractivity contribution is 9.10. The van der Waals surface area contributed by atoms with Gasteiger partial charge in [-0.3, -0.25) is 0 Å². The van der Waals surface area contributed by atoms with Gasteiger partial charge in [0.1, 0.15) is 0 Å². The van der Waals surface area contributed by atoms with E-state index in [0.29, 0.717) is 0 Å². The minimum Gasteiger partial charge on any atom is -0.211 e. The molecule has 0 amide bonds. The van der Waals surface area contributed by atoms with Crippen molar-refractivity contribution in [3.63, 3.8) is 0 Å². The van der Waals surface area contributed by atoms with Gasteiger partial charge in [0.05, 0.1) is 5.54 Å². The van der Waals surface area contributed by atoms with Crippen LogP contribution in [0.5, 0.6) is 0 Å². The van der Waals surface area contributed by atoms with Gasteiger partial charge in [-0.15, -0.1) is 0 Å². The molecule has 0 N–H and O–H groups in total. The number of hydrogen-bond acceptors (Lipinski definition) is 2. The van der Waals surface area contributed by atoms with Crippen LogP contribution in [0.15, 0.2) is 33.7 Å². The second-order valence-corrected chi connectivity index (χ2v) is 5.06. The van der Waals surface area contributed by atoms with Gasteiger partial charge in [-0.25, -0.2) is 4.79 Å². The molecule has 0 unspecified atom stereocenters. The summed E-state index contributed by atoms with van der Waals surface area (Å²) >= 11 is 3.39. The van der Waals surface area contributed by atoms with Gasteiger partial charge >= 0.3 is 0 Å². The summed E-state index contributed by atoms with van der Waals surface area (Å²) in [4.78, 5) is 14.0. The highest BCUT2D eigenvalue weighted by Gasteiger charge is 2.15. The SMILES string of the molecule is CC(C)(CCc1ccc(Br)cc1)N=C=O. The van der Waals surface area contributed by atoms with Gasteiger partial charge in [0.15, 0.2) is 0 Å². The maximum absolute atomic E-state index is 10.2. The molecule has 1 rings (SSSR count). The molecule has 0 atom stereocenters. The first-order valence-electron chi connectivity index (χ1n) is 4.87. The number of aryl methyl sites for hydroxylation is 1. The van der Waals surface area contributed by atoms with Crippen molar-refractivity contribution in [2.75, 3.05) is 0 Å². The Hall–Kier alpha value is -0.920. The summed E-state index contributed by atoms with van der Waals surface area (Å²) in [6.07, 6.45) is 3.39. The molecule has 0 fully saturated rings. The smallest absolute Gasteiger partial charge is 0.211 e. The topological polar surface area (TPSA) is 29.4 Å². The molecule has 0 aliphatic carbocycles. The van der Waals surface area contributed by atoms with Crippen LogP contribution in [0, 0.1) is 0 Å². The molecule has 0 heterocycles. The number of carbonyl (C=O) groups excluding carboxylic acids is 1. The van der Waals surface area contributed by atoms with E-state index in [1.54, 1.807) is 6.08 Å². The Morgan fingerprint density at radius 2 is 1.93 bits per heavy atom. The molecule has 0 bridgehead atoms. The molecule has 0 aliphatic rings. The van der Waals surface area contributed by atoms with Gasteiger partial charge in [-0.2, -0.15) is 4.99 Å². The quantitative estimate of drug-likeness (QED) is 0.607. The summed E-state index contributed by atoms with van der Waals surface area (Å²) in [6, 6.07) is 8.19. The van der Waals surface area contributed by atoms with Crippen molar-refractivity contribution in [2.24, 2.45) is 4.99 Å². The van der Waals surface area contributed by atoms with E-state index in [1.807, 2.05) is 26.0 Å². The Bertz CT molecular complexity index is 364. The zero-order valence-corrected chi connectivity index (χ0v) is 10.5. The molecule has 80 valence electrons. The van der Waals surface area contributed by atoms with Crippen molar-refractivity contribution >= 4 is 22.0 Å². The average Bonchev–Trinajstić information content (AvgIpc) is 2.17. The molecule has 0 aliphatic heterocycles. The lowest BCUT2D eigenvalue weighted by atomic mass is 9.96. The monoisotopic (exact) mass is 267 g/mol. The third kappa shape index (κ3) is 4.41. The van der Waals surface area contributed by atoms with Crippen molar-refractivity contribution in [2.45, 2.75) is 32.2 Å². The molecular formula is C12H14BrNO. The maximum atomic E-state index is 10.2. The minimum absolute atomic E-state index is 0.311. The lowest BCUT2D eigenvalue weighted by Crippen LogP contribution is -2.17. The Balaban J connectivity index is 2.57. The summed E-state index contributed by atoms with van der Waals surface area (Å²) in [5, 5.41) is 0. The van der Waals surface area contributed by atoms with Crippen molar-refractivity contribution in [3.8, 4) is 0 Å². The van der Waals surface area contributed by atoms with E-state index in [1.165, 1.54) is 5.56 Å². The summed E-state index contributed by atoms with van der Waals surface area (Å²) < 4.78 is 1.08.